The fraction of sp³-hybridized carbons (Fsp3) is 0.778. The van der Waals surface area contributed by atoms with Gasteiger partial charge in [-0.2, -0.15) is 0 Å². The summed E-state index contributed by atoms with van der Waals surface area (Å²) in [5, 5.41) is 5.39. The first-order chi connectivity index (χ1) is 6.85. The van der Waals surface area contributed by atoms with E-state index in [0.717, 1.165) is 0 Å². The summed E-state index contributed by atoms with van der Waals surface area (Å²) in [4.78, 5) is 21.9. The number of hydrogen-bond acceptors (Lipinski definition) is 3. The number of carbonyl (C=O) groups excluding carboxylic acids is 2. The molecule has 0 spiro atoms. The second-order valence-electron chi connectivity index (χ2n) is 3.91. The van der Waals surface area contributed by atoms with Crippen LogP contribution >= 0.6 is 15.9 Å². The van der Waals surface area contributed by atoms with E-state index >= 15 is 0 Å². The van der Waals surface area contributed by atoms with Gasteiger partial charge in [-0.3, -0.25) is 4.79 Å². The quantitative estimate of drug-likeness (QED) is 0.597. The normalized spacial score (nSPS) is 10.7. The van der Waals surface area contributed by atoms with Gasteiger partial charge in [-0.05, 0) is 20.8 Å². The molecule has 6 heteroatoms. The summed E-state index contributed by atoms with van der Waals surface area (Å²) in [6.45, 7) is 6.12. The zero-order valence-corrected chi connectivity index (χ0v) is 10.8. The number of ether oxygens (including phenoxy) is 1. The Bertz CT molecular complexity index is 226. The van der Waals surface area contributed by atoms with Gasteiger partial charge in [0.05, 0.1) is 5.33 Å². The number of rotatable bonds is 4. The smallest absolute Gasteiger partial charge is 0.407 e. The molecule has 0 unspecified atom stereocenters. The maximum Gasteiger partial charge on any atom is 0.407 e. The molecule has 0 bridgehead atoms. The summed E-state index contributed by atoms with van der Waals surface area (Å²) < 4.78 is 5.00. The zero-order chi connectivity index (χ0) is 11.9. The van der Waals surface area contributed by atoms with Crippen molar-refractivity contribution in [2.45, 2.75) is 26.4 Å². The van der Waals surface area contributed by atoms with Gasteiger partial charge < -0.3 is 15.4 Å². The summed E-state index contributed by atoms with van der Waals surface area (Å²) in [5.74, 6) is -0.110. The first-order valence-corrected chi connectivity index (χ1v) is 5.77. The molecular formula is C9H17BrN2O3. The van der Waals surface area contributed by atoms with Gasteiger partial charge in [-0.15, -0.1) is 0 Å². The molecule has 15 heavy (non-hydrogen) atoms. The minimum Gasteiger partial charge on any atom is -0.444 e. The highest BCUT2D eigenvalue weighted by atomic mass is 79.9. The Morgan fingerprint density at radius 1 is 1.20 bits per heavy atom. The van der Waals surface area contributed by atoms with E-state index in [-0.39, 0.29) is 11.2 Å². The number of carbonyl (C=O) groups is 2. The summed E-state index contributed by atoms with van der Waals surface area (Å²) >= 11 is 3.01. The highest BCUT2D eigenvalue weighted by Crippen LogP contribution is 2.05. The van der Waals surface area contributed by atoms with Crippen LogP contribution in [0.15, 0.2) is 0 Å². The molecule has 0 aliphatic rings. The van der Waals surface area contributed by atoms with Crippen molar-refractivity contribution >= 4 is 27.9 Å². The number of amides is 2. The number of hydrogen-bond donors (Lipinski definition) is 2. The van der Waals surface area contributed by atoms with E-state index in [1.165, 1.54) is 0 Å². The summed E-state index contributed by atoms with van der Waals surface area (Å²) in [5.41, 5.74) is -0.497. The standard InChI is InChI=1S/C9H17BrN2O3/c1-9(2,3)15-8(14)12-5-4-11-7(13)6-10/h4-6H2,1-3H3,(H,11,13)(H,12,14). The predicted octanol–water partition coefficient (Wildman–Crippen LogP) is 1.02. The largest absolute Gasteiger partial charge is 0.444 e. The van der Waals surface area contributed by atoms with Crippen LogP contribution in [0.1, 0.15) is 20.8 Å². The molecule has 0 atom stereocenters. The Kier molecular flexibility index (Phi) is 6.31. The summed E-state index contributed by atoms with van der Waals surface area (Å²) in [6, 6.07) is 0. The Balaban J connectivity index is 3.52. The Labute approximate surface area is 98.1 Å². The van der Waals surface area contributed by atoms with Gasteiger partial charge in [0.25, 0.3) is 0 Å². The molecule has 0 saturated heterocycles. The molecule has 5 nitrogen and oxygen atoms in total. The second kappa shape index (κ2) is 6.66. The van der Waals surface area contributed by atoms with Crippen molar-refractivity contribution in [1.29, 1.82) is 0 Å². The lowest BCUT2D eigenvalue weighted by Gasteiger charge is -2.19. The van der Waals surface area contributed by atoms with Crippen LogP contribution < -0.4 is 10.6 Å². The molecule has 0 aliphatic heterocycles. The van der Waals surface area contributed by atoms with Crippen molar-refractivity contribution in [2.24, 2.45) is 0 Å². The van der Waals surface area contributed by atoms with E-state index in [1.54, 1.807) is 20.8 Å². The topological polar surface area (TPSA) is 67.4 Å². The van der Waals surface area contributed by atoms with Gasteiger partial charge >= 0.3 is 6.09 Å². The zero-order valence-electron chi connectivity index (χ0n) is 9.22. The van der Waals surface area contributed by atoms with E-state index in [0.29, 0.717) is 13.1 Å². The van der Waals surface area contributed by atoms with Crippen molar-refractivity contribution in [1.82, 2.24) is 10.6 Å². The molecule has 0 saturated carbocycles. The van der Waals surface area contributed by atoms with Crippen molar-refractivity contribution in [3.63, 3.8) is 0 Å². The Morgan fingerprint density at radius 3 is 2.20 bits per heavy atom. The molecule has 88 valence electrons. The molecule has 0 radical (unpaired) electrons. The van der Waals surface area contributed by atoms with Crippen LogP contribution in [0.3, 0.4) is 0 Å². The Hall–Kier alpha value is -0.780. The van der Waals surface area contributed by atoms with Crippen LogP contribution in [0.2, 0.25) is 0 Å². The number of alkyl halides is 1. The highest BCUT2D eigenvalue weighted by molar-refractivity contribution is 9.09. The summed E-state index contributed by atoms with van der Waals surface area (Å²) in [6.07, 6.45) is -0.476. The number of nitrogens with one attached hydrogen (secondary N) is 2. The Morgan fingerprint density at radius 2 is 1.73 bits per heavy atom. The van der Waals surface area contributed by atoms with E-state index in [2.05, 4.69) is 26.6 Å². The van der Waals surface area contributed by atoms with Crippen molar-refractivity contribution in [3.8, 4) is 0 Å². The molecule has 0 aromatic heterocycles. The summed E-state index contributed by atoms with van der Waals surface area (Å²) in [7, 11) is 0. The lowest BCUT2D eigenvalue weighted by molar-refractivity contribution is -0.118. The van der Waals surface area contributed by atoms with E-state index in [9.17, 15) is 9.59 Å². The SMILES string of the molecule is CC(C)(C)OC(=O)NCCNC(=O)CBr. The average molecular weight is 281 g/mol. The third kappa shape index (κ3) is 9.52. The van der Waals surface area contributed by atoms with Gasteiger partial charge in [0.2, 0.25) is 5.91 Å². The van der Waals surface area contributed by atoms with Crippen LogP contribution in [-0.4, -0.2) is 36.0 Å². The number of alkyl carbamates (subject to hydrolysis) is 1. The monoisotopic (exact) mass is 280 g/mol. The molecule has 0 aromatic rings. The average Bonchev–Trinajstić information content (AvgIpc) is 2.09. The highest BCUT2D eigenvalue weighted by Gasteiger charge is 2.15. The molecular weight excluding hydrogens is 264 g/mol. The molecule has 0 aliphatic carbocycles. The van der Waals surface area contributed by atoms with Crippen LogP contribution in [-0.2, 0) is 9.53 Å². The minimum absolute atomic E-state index is 0.110. The minimum atomic E-state index is -0.497. The van der Waals surface area contributed by atoms with Gasteiger partial charge in [0.15, 0.2) is 0 Å². The fourth-order valence-corrected chi connectivity index (χ4v) is 0.926. The lowest BCUT2D eigenvalue weighted by Crippen LogP contribution is -2.38. The third-order valence-electron chi connectivity index (χ3n) is 1.24. The van der Waals surface area contributed by atoms with Crippen LogP contribution in [0, 0.1) is 0 Å². The van der Waals surface area contributed by atoms with E-state index < -0.39 is 11.7 Å². The van der Waals surface area contributed by atoms with Gasteiger partial charge in [-0.1, -0.05) is 15.9 Å². The van der Waals surface area contributed by atoms with Crippen molar-refractivity contribution < 1.29 is 14.3 Å². The molecule has 2 amide bonds. The first kappa shape index (κ1) is 14.2. The van der Waals surface area contributed by atoms with E-state index in [1.807, 2.05) is 0 Å². The van der Waals surface area contributed by atoms with Gasteiger partial charge in [0.1, 0.15) is 5.60 Å². The molecule has 0 aromatic carbocycles. The second-order valence-corrected chi connectivity index (χ2v) is 4.47. The van der Waals surface area contributed by atoms with Gasteiger partial charge in [0, 0.05) is 13.1 Å². The molecule has 0 fully saturated rings. The molecule has 0 rings (SSSR count). The van der Waals surface area contributed by atoms with Crippen LogP contribution in [0.5, 0.6) is 0 Å². The molecule has 0 heterocycles. The maximum atomic E-state index is 11.1. The third-order valence-corrected chi connectivity index (χ3v) is 1.75. The fourth-order valence-electron chi connectivity index (χ4n) is 0.728. The molecule has 2 N–H and O–H groups in total. The van der Waals surface area contributed by atoms with Crippen molar-refractivity contribution in [2.75, 3.05) is 18.4 Å². The van der Waals surface area contributed by atoms with Crippen molar-refractivity contribution in [3.05, 3.63) is 0 Å². The van der Waals surface area contributed by atoms with E-state index in [4.69, 9.17) is 4.74 Å². The van der Waals surface area contributed by atoms with Crippen LogP contribution in [0.25, 0.3) is 0 Å². The predicted molar refractivity (Wildman–Crippen MR) is 61.0 cm³/mol. The number of halogens is 1. The lowest BCUT2D eigenvalue weighted by atomic mass is 10.2. The first-order valence-electron chi connectivity index (χ1n) is 4.64. The van der Waals surface area contributed by atoms with Crippen LogP contribution in [0.4, 0.5) is 4.79 Å². The maximum absolute atomic E-state index is 11.1. The van der Waals surface area contributed by atoms with Gasteiger partial charge in [-0.25, -0.2) is 4.79 Å².